The van der Waals surface area contributed by atoms with Gasteiger partial charge in [0.25, 0.3) is 5.91 Å². The number of carbonyl (C=O) groups excluding carboxylic acids is 1. The predicted molar refractivity (Wildman–Crippen MR) is 139 cm³/mol. The monoisotopic (exact) mass is 556 g/mol. The third-order valence-corrected chi connectivity index (χ3v) is 6.51. The molecule has 2 aromatic rings. The van der Waals surface area contributed by atoms with E-state index in [2.05, 4.69) is 52.3 Å². The summed E-state index contributed by atoms with van der Waals surface area (Å²) in [6.45, 7) is 7.17. The first kappa shape index (κ1) is 25.6. The van der Waals surface area contributed by atoms with Gasteiger partial charge in [0.2, 0.25) is 0 Å². The van der Waals surface area contributed by atoms with Crippen molar-refractivity contribution in [1.29, 1.82) is 0 Å². The maximum absolute atomic E-state index is 12.5. The average Bonchev–Trinajstić information content (AvgIpc) is 3.46. The average molecular weight is 557 g/mol. The van der Waals surface area contributed by atoms with Crippen molar-refractivity contribution in [3.63, 3.8) is 0 Å². The van der Waals surface area contributed by atoms with E-state index in [-0.39, 0.29) is 41.4 Å². The molecule has 3 N–H and O–H groups in total. The molecule has 1 atom stereocenters. The fraction of sp³-hybridized carbons (Fsp3) is 0.478. The zero-order valence-corrected chi connectivity index (χ0v) is 21.6. The highest BCUT2D eigenvalue weighted by Crippen LogP contribution is 2.26. The van der Waals surface area contributed by atoms with Crippen LogP contribution in [0.5, 0.6) is 0 Å². The van der Waals surface area contributed by atoms with E-state index in [4.69, 9.17) is 4.74 Å². The molecule has 1 aromatic heterocycles. The molecule has 6 nitrogen and oxygen atoms in total. The molecule has 1 aromatic carbocycles. The van der Waals surface area contributed by atoms with Crippen LogP contribution in [0.15, 0.2) is 46.8 Å². The molecule has 0 bridgehead atoms. The molecule has 31 heavy (non-hydrogen) atoms. The summed E-state index contributed by atoms with van der Waals surface area (Å²) in [6.07, 6.45) is 2.23. The Hall–Kier alpha value is -1.65. The first-order chi connectivity index (χ1) is 14.5. The van der Waals surface area contributed by atoms with E-state index >= 15 is 0 Å². The van der Waals surface area contributed by atoms with Gasteiger partial charge in [0.15, 0.2) is 5.96 Å². The molecule has 1 aliphatic rings. The molecule has 170 valence electrons. The highest BCUT2D eigenvalue weighted by molar-refractivity contribution is 14.0. The van der Waals surface area contributed by atoms with Gasteiger partial charge < -0.3 is 20.7 Å². The largest absolute Gasteiger partial charge is 0.376 e. The number of aliphatic imine (C=N–C) groups is 1. The summed E-state index contributed by atoms with van der Waals surface area (Å²) in [7, 11) is 1.77. The van der Waals surface area contributed by atoms with Gasteiger partial charge in [0.05, 0.1) is 6.10 Å². The zero-order valence-electron chi connectivity index (χ0n) is 18.4. The standard InChI is InChI=1S/C23H32N4O2S.HI/c1-23(2,20-10-6-12-30-20)16-27-22(24-3)26-14-17-7-4-8-18(13-17)21(28)25-15-19-9-5-11-29-19;/h4,6-8,10,12-13,19H,5,9,11,14-16H2,1-3H3,(H,25,28)(H2,24,26,27);1H. The van der Waals surface area contributed by atoms with Gasteiger partial charge in [-0.15, -0.1) is 35.3 Å². The predicted octanol–water partition coefficient (Wildman–Crippen LogP) is 3.92. The molecule has 1 aliphatic heterocycles. The summed E-state index contributed by atoms with van der Waals surface area (Å²) < 4.78 is 5.57. The van der Waals surface area contributed by atoms with E-state index in [0.717, 1.165) is 37.5 Å². The second kappa shape index (κ2) is 12.4. The first-order valence-corrected chi connectivity index (χ1v) is 11.3. The molecule has 0 saturated carbocycles. The summed E-state index contributed by atoms with van der Waals surface area (Å²) in [6, 6.07) is 11.9. The minimum Gasteiger partial charge on any atom is -0.376 e. The Balaban J connectivity index is 0.00000341. The van der Waals surface area contributed by atoms with Crippen molar-refractivity contribution >= 4 is 47.2 Å². The van der Waals surface area contributed by atoms with Crippen LogP contribution in [0, 0.1) is 0 Å². The molecule has 2 heterocycles. The molecule has 1 fully saturated rings. The lowest BCUT2D eigenvalue weighted by Crippen LogP contribution is -2.43. The molecule has 1 amide bonds. The molecule has 0 aliphatic carbocycles. The maximum Gasteiger partial charge on any atom is 0.251 e. The van der Waals surface area contributed by atoms with Crippen molar-refractivity contribution < 1.29 is 9.53 Å². The Kier molecular flexibility index (Phi) is 10.2. The number of guanidine groups is 1. The molecule has 0 radical (unpaired) electrons. The molecule has 0 spiro atoms. The molecular formula is C23H33IN4O2S. The Bertz CT molecular complexity index is 849. The van der Waals surface area contributed by atoms with Gasteiger partial charge in [-0.3, -0.25) is 9.79 Å². The van der Waals surface area contributed by atoms with Gasteiger partial charge in [0.1, 0.15) is 0 Å². The number of thiophene rings is 1. The van der Waals surface area contributed by atoms with Crippen molar-refractivity contribution in [3.8, 4) is 0 Å². The fourth-order valence-corrected chi connectivity index (χ4v) is 4.25. The van der Waals surface area contributed by atoms with Crippen molar-refractivity contribution in [2.24, 2.45) is 4.99 Å². The number of hydrogen-bond acceptors (Lipinski definition) is 4. The van der Waals surface area contributed by atoms with E-state index in [0.29, 0.717) is 18.7 Å². The minimum absolute atomic E-state index is 0. The Morgan fingerprint density at radius 1 is 1.23 bits per heavy atom. The summed E-state index contributed by atoms with van der Waals surface area (Å²) in [5.41, 5.74) is 1.71. The summed E-state index contributed by atoms with van der Waals surface area (Å²) in [5.74, 6) is 0.681. The van der Waals surface area contributed by atoms with E-state index in [1.807, 2.05) is 24.3 Å². The lowest BCUT2D eigenvalue weighted by molar-refractivity contribution is 0.0857. The number of hydrogen-bond donors (Lipinski definition) is 3. The quantitative estimate of drug-likeness (QED) is 0.262. The number of benzene rings is 1. The molecule has 1 unspecified atom stereocenters. The van der Waals surface area contributed by atoms with Crippen LogP contribution in [0.1, 0.15) is 47.5 Å². The first-order valence-electron chi connectivity index (χ1n) is 10.5. The van der Waals surface area contributed by atoms with Gasteiger partial charge in [0, 0.05) is 49.1 Å². The Labute approximate surface area is 206 Å². The lowest BCUT2D eigenvalue weighted by atomic mass is 9.91. The topological polar surface area (TPSA) is 74.8 Å². The minimum atomic E-state index is -0.0624. The van der Waals surface area contributed by atoms with Crippen LogP contribution in [0.4, 0.5) is 0 Å². The molecule has 8 heteroatoms. The van der Waals surface area contributed by atoms with Crippen LogP contribution < -0.4 is 16.0 Å². The fourth-order valence-electron chi connectivity index (χ4n) is 3.40. The van der Waals surface area contributed by atoms with Crippen LogP contribution in [-0.4, -0.2) is 44.7 Å². The maximum atomic E-state index is 12.5. The van der Waals surface area contributed by atoms with Crippen molar-refractivity contribution in [2.75, 3.05) is 26.7 Å². The number of ether oxygens (including phenoxy) is 1. The third kappa shape index (κ3) is 7.76. The molecular weight excluding hydrogens is 523 g/mol. The number of nitrogens with zero attached hydrogens (tertiary/aromatic N) is 1. The lowest BCUT2D eigenvalue weighted by Gasteiger charge is -2.25. The van der Waals surface area contributed by atoms with Crippen molar-refractivity contribution in [2.45, 2.75) is 44.8 Å². The number of nitrogens with one attached hydrogen (secondary N) is 3. The summed E-state index contributed by atoms with van der Waals surface area (Å²) >= 11 is 1.77. The zero-order chi connectivity index (χ0) is 21.4. The summed E-state index contributed by atoms with van der Waals surface area (Å²) in [4.78, 5) is 18.1. The van der Waals surface area contributed by atoms with Crippen LogP contribution in [-0.2, 0) is 16.7 Å². The smallest absolute Gasteiger partial charge is 0.251 e. The number of rotatable bonds is 8. The van der Waals surface area contributed by atoms with Crippen molar-refractivity contribution in [3.05, 3.63) is 57.8 Å². The third-order valence-electron chi connectivity index (χ3n) is 5.27. The van der Waals surface area contributed by atoms with Crippen LogP contribution in [0.2, 0.25) is 0 Å². The molecule has 1 saturated heterocycles. The van der Waals surface area contributed by atoms with E-state index < -0.39 is 0 Å². The number of amides is 1. The Morgan fingerprint density at radius 3 is 2.74 bits per heavy atom. The number of carbonyl (C=O) groups is 1. The normalized spacial score (nSPS) is 16.5. The second-order valence-electron chi connectivity index (χ2n) is 8.19. The number of halogens is 1. The van der Waals surface area contributed by atoms with Gasteiger partial charge in [-0.05, 0) is 42.0 Å². The van der Waals surface area contributed by atoms with Crippen molar-refractivity contribution in [1.82, 2.24) is 16.0 Å². The van der Waals surface area contributed by atoms with Gasteiger partial charge in [-0.25, -0.2) is 0 Å². The summed E-state index contributed by atoms with van der Waals surface area (Å²) in [5, 5.41) is 11.8. The highest BCUT2D eigenvalue weighted by Gasteiger charge is 2.22. The highest BCUT2D eigenvalue weighted by atomic mass is 127. The second-order valence-corrected chi connectivity index (χ2v) is 9.13. The van der Waals surface area contributed by atoms with Gasteiger partial charge in [-0.1, -0.05) is 32.0 Å². The molecule has 3 rings (SSSR count). The van der Waals surface area contributed by atoms with E-state index in [1.54, 1.807) is 18.4 Å². The van der Waals surface area contributed by atoms with Crippen LogP contribution in [0.3, 0.4) is 0 Å². The van der Waals surface area contributed by atoms with Gasteiger partial charge >= 0.3 is 0 Å². The Morgan fingerprint density at radius 2 is 2.06 bits per heavy atom. The van der Waals surface area contributed by atoms with Crippen LogP contribution in [0.25, 0.3) is 0 Å². The van der Waals surface area contributed by atoms with Gasteiger partial charge in [-0.2, -0.15) is 0 Å². The van der Waals surface area contributed by atoms with E-state index in [9.17, 15) is 4.79 Å². The van der Waals surface area contributed by atoms with E-state index in [1.165, 1.54) is 4.88 Å². The SMILES string of the molecule is CN=C(NCc1cccc(C(=O)NCC2CCCO2)c1)NCC(C)(C)c1cccs1.I. The van der Waals surface area contributed by atoms with Crippen LogP contribution >= 0.6 is 35.3 Å².